The van der Waals surface area contributed by atoms with Crippen LogP contribution in [0, 0.1) is 0 Å². The van der Waals surface area contributed by atoms with Gasteiger partial charge in [-0.15, -0.1) is 0 Å². The molecule has 0 unspecified atom stereocenters. The molecule has 138 valence electrons. The highest BCUT2D eigenvalue weighted by Crippen LogP contribution is 2.22. The third-order valence-corrected chi connectivity index (χ3v) is 5.27. The number of carbonyl (C=O) groups is 1. The standard InChI is InChI=1S/C21H25ClN2O2/c1-15-11-23(13-17-6-8-19(9-7-17)21(25)26)12-16(2)24(15)14-18-4-3-5-20(22)10-18/h3-10,15-16H,11-14H2,1-2H3,(H,25,26)/t15-,16+. The summed E-state index contributed by atoms with van der Waals surface area (Å²) in [6, 6.07) is 16.1. The Morgan fingerprint density at radius 2 is 1.69 bits per heavy atom. The van der Waals surface area contributed by atoms with Gasteiger partial charge >= 0.3 is 5.97 Å². The van der Waals surface area contributed by atoms with Gasteiger partial charge in [0.1, 0.15) is 0 Å². The molecule has 1 aliphatic heterocycles. The first kappa shape index (κ1) is 18.9. The normalized spacial score (nSPS) is 21.7. The molecule has 0 spiro atoms. The second-order valence-electron chi connectivity index (χ2n) is 7.20. The Hall–Kier alpha value is -1.88. The van der Waals surface area contributed by atoms with Crippen LogP contribution in [0.5, 0.6) is 0 Å². The lowest BCUT2D eigenvalue weighted by Crippen LogP contribution is -2.55. The van der Waals surface area contributed by atoms with E-state index in [1.165, 1.54) is 5.56 Å². The molecule has 1 saturated heterocycles. The highest BCUT2D eigenvalue weighted by Gasteiger charge is 2.29. The summed E-state index contributed by atoms with van der Waals surface area (Å²) < 4.78 is 0. The molecule has 1 N–H and O–H groups in total. The maximum Gasteiger partial charge on any atom is 0.335 e. The second kappa shape index (κ2) is 8.21. The van der Waals surface area contributed by atoms with Gasteiger partial charge in [0.15, 0.2) is 0 Å². The van der Waals surface area contributed by atoms with Gasteiger partial charge in [-0.2, -0.15) is 0 Å². The third kappa shape index (κ3) is 4.64. The van der Waals surface area contributed by atoms with Gasteiger partial charge in [-0.25, -0.2) is 4.79 Å². The van der Waals surface area contributed by atoms with Crippen molar-refractivity contribution in [1.29, 1.82) is 0 Å². The van der Waals surface area contributed by atoms with Gasteiger partial charge in [0.25, 0.3) is 0 Å². The van der Waals surface area contributed by atoms with Crippen LogP contribution in [0.3, 0.4) is 0 Å². The molecule has 0 aromatic heterocycles. The highest BCUT2D eigenvalue weighted by molar-refractivity contribution is 6.30. The number of rotatable bonds is 5. The Balaban J connectivity index is 1.61. The zero-order valence-electron chi connectivity index (χ0n) is 15.2. The number of benzene rings is 2. The van der Waals surface area contributed by atoms with Crippen molar-refractivity contribution in [3.63, 3.8) is 0 Å². The minimum Gasteiger partial charge on any atom is -0.478 e. The van der Waals surface area contributed by atoms with E-state index < -0.39 is 5.97 Å². The van der Waals surface area contributed by atoms with Gasteiger partial charge in [-0.3, -0.25) is 9.80 Å². The summed E-state index contributed by atoms with van der Waals surface area (Å²) in [7, 11) is 0. The largest absolute Gasteiger partial charge is 0.478 e. The van der Waals surface area contributed by atoms with E-state index in [1.54, 1.807) is 12.1 Å². The lowest BCUT2D eigenvalue weighted by Gasteiger charge is -2.44. The van der Waals surface area contributed by atoms with Crippen LogP contribution in [0.25, 0.3) is 0 Å². The average Bonchev–Trinajstić information content (AvgIpc) is 2.59. The van der Waals surface area contributed by atoms with Crippen LogP contribution in [-0.2, 0) is 13.1 Å². The third-order valence-electron chi connectivity index (χ3n) is 5.04. The summed E-state index contributed by atoms with van der Waals surface area (Å²) in [5, 5.41) is 9.79. The molecule has 2 aromatic carbocycles. The van der Waals surface area contributed by atoms with E-state index in [0.29, 0.717) is 17.6 Å². The lowest BCUT2D eigenvalue weighted by atomic mass is 10.0. The predicted molar refractivity (Wildman–Crippen MR) is 105 cm³/mol. The Bertz CT molecular complexity index is 751. The molecule has 0 amide bonds. The van der Waals surface area contributed by atoms with Crippen molar-refractivity contribution in [2.45, 2.75) is 39.0 Å². The fraction of sp³-hybridized carbons (Fsp3) is 0.381. The SMILES string of the molecule is C[C@@H]1CN(Cc2ccc(C(=O)O)cc2)C[C@H](C)N1Cc1cccc(Cl)c1. The summed E-state index contributed by atoms with van der Waals surface area (Å²) in [4.78, 5) is 15.9. The van der Waals surface area contributed by atoms with Crippen LogP contribution in [-0.4, -0.2) is 46.0 Å². The summed E-state index contributed by atoms with van der Waals surface area (Å²) in [5.74, 6) is -0.881. The molecule has 0 aliphatic carbocycles. The first-order valence-electron chi connectivity index (χ1n) is 8.97. The number of hydrogen-bond donors (Lipinski definition) is 1. The molecular formula is C21H25ClN2O2. The van der Waals surface area contributed by atoms with E-state index in [0.717, 1.165) is 36.8 Å². The van der Waals surface area contributed by atoms with Crippen LogP contribution in [0.2, 0.25) is 5.02 Å². The van der Waals surface area contributed by atoms with E-state index in [-0.39, 0.29) is 0 Å². The van der Waals surface area contributed by atoms with Crippen molar-refractivity contribution in [3.8, 4) is 0 Å². The molecule has 0 bridgehead atoms. The Morgan fingerprint density at radius 1 is 1.04 bits per heavy atom. The molecule has 3 rings (SSSR count). The van der Waals surface area contributed by atoms with Crippen molar-refractivity contribution in [1.82, 2.24) is 9.80 Å². The molecule has 1 fully saturated rings. The fourth-order valence-corrected chi connectivity index (χ4v) is 3.98. The van der Waals surface area contributed by atoms with Gasteiger partial charge in [0.05, 0.1) is 5.56 Å². The monoisotopic (exact) mass is 372 g/mol. The van der Waals surface area contributed by atoms with Crippen LogP contribution >= 0.6 is 11.6 Å². The number of carboxylic acid groups (broad SMARTS) is 1. The van der Waals surface area contributed by atoms with Crippen molar-refractivity contribution in [2.24, 2.45) is 0 Å². The van der Waals surface area contributed by atoms with Gasteiger partial charge in [0, 0.05) is 43.3 Å². The van der Waals surface area contributed by atoms with Gasteiger partial charge in [-0.1, -0.05) is 35.9 Å². The van der Waals surface area contributed by atoms with Crippen LogP contribution < -0.4 is 0 Å². The first-order valence-corrected chi connectivity index (χ1v) is 9.35. The highest BCUT2D eigenvalue weighted by atomic mass is 35.5. The summed E-state index contributed by atoms with van der Waals surface area (Å²) in [6.07, 6.45) is 0. The Kier molecular flexibility index (Phi) is 5.97. The zero-order chi connectivity index (χ0) is 18.7. The summed E-state index contributed by atoms with van der Waals surface area (Å²) in [6.45, 7) is 8.27. The van der Waals surface area contributed by atoms with E-state index >= 15 is 0 Å². The van der Waals surface area contributed by atoms with Gasteiger partial charge in [0.2, 0.25) is 0 Å². The Labute approximate surface area is 160 Å². The molecule has 1 heterocycles. The van der Waals surface area contributed by atoms with Crippen LogP contribution in [0.15, 0.2) is 48.5 Å². The average molecular weight is 373 g/mol. The molecule has 26 heavy (non-hydrogen) atoms. The molecule has 1 aliphatic rings. The lowest BCUT2D eigenvalue weighted by molar-refractivity contribution is 0.0290. The maximum atomic E-state index is 11.0. The van der Waals surface area contributed by atoms with Crippen molar-refractivity contribution in [3.05, 3.63) is 70.2 Å². The molecule has 2 aromatic rings. The smallest absolute Gasteiger partial charge is 0.335 e. The molecule has 2 atom stereocenters. The number of hydrogen-bond acceptors (Lipinski definition) is 3. The number of aromatic carboxylic acids is 1. The van der Waals surface area contributed by atoms with Crippen molar-refractivity contribution in [2.75, 3.05) is 13.1 Å². The topological polar surface area (TPSA) is 43.8 Å². The molecule has 4 nitrogen and oxygen atoms in total. The Morgan fingerprint density at radius 3 is 2.27 bits per heavy atom. The molecule has 5 heteroatoms. The zero-order valence-corrected chi connectivity index (χ0v) is 16.0. The number of carboxylic acids is 1. The number of piperazine rings is 1. The predicted octanol–water partition coefficient (Wildman–Crippen LogP) is 4.13. The van der Waals surface area contributed by atoms with Crippen LogP contribution in [0.1, 0.15) is 35.3 Å². The van der Waals surface area contributed by atoms with E-state index in [1.807, 2.05) is 30.3 Å². The fourth-order valence-electron chi connectivity index (χ4n) is 3.76. The minimum absolute atomic E-state index is 0.335. The minimum atomic E-state index is -0.881. The van der Waals surface area contributed by atoms with Crippen molar-refractivity contribution >= 4 is 17.6 Å². The number of halogens is 1. The van der Waals surface area contributed by atoms with Gasteiger partial charge < -0.3 is 5.11 Å². The van der Waals surface area contributed by atoms with Crippen molar-refractivity contribution < 1.29 is 9.90 Å². The quantitative estimate of drug-likeness (QED) is 0.856. The van der Waals surface area contributed by atoms with E-state index in [9.17, 15) is 4.79 Å². The molecule has 0 saturated carbocycles. The van der Waals surface area contributed by atoms with Crippen LogP contribution in [0.4, 0.5) is 0 Å². The maximum absolute atomic E-state index is 11.0. The van der Waals surface area contributed by atoms with E-state index in [4.69, 9.17) is 16.7 Å². The summed E-state index contributed by atoms with van der Waals surface area (Å²) >= 11 is 6.12. The van der Waals surface area contributed by atoms with Gasteiger partial charge in [-0.05, 0) is 49.2 Å². The van der Waals surface area contributed by atoms with E-state index in [2.05, 4.69) is 29.7 Å². The first-order chi connectivity index (χ1) is 12.4. The molecular weight excluding hydrogens is 348 g/mol. The molecule has 0 radical (unpaired) electrons. The number of nitrogens with zero attached hydrogens (tertiary/aromatic N) is 2. The second-order valence-corrected chi connectivity index (χ2v) is 7.63. The summed E-state index contributed by atoms with van der Waals surface area (Å²) in [5.41, 5.74) is 2.73.